The van der Waals surface area contributed by atoms with E-state index in [2.05, 4.69) is 149 Å². The maximum absolute atomic E-state index is 3.55. The van der Waals surface area contributed by atoms with Crippen LogP contribution in [0.2, 0.25) is 0 Å². The molecule has 2 heterocycles. The average Bonchev–Trinajstić information content (AvgIpc) is 3.52. The lowest BCUT2D eigenvalue weighted by Crippen LogP contribution is -1.93. The van der Waals surface area contributed by atoms with Crippen LogP contribution in [0.25, 0.3) is 71.6 Å². The number of H-pyrrole nitrogens is 1. The minimum absolute atomic E-state index is 1.17. The maximum atomic E-state index is 3.55. The van der Waals surface area contributed by atoms with Gasteiger partial charge in [0.15, 0.2) is 0 Å². The highest BCUT2D eigenvalue weighted by Crippen LogP contribution is 2.38. The van der Waals surface area contributed by atoms with Gasteiger partial charge in [0.1, 0.15) is 0 Å². The first kappa shape index (κ1) is 21.0. The Labute approximate surface area is 220 Å². The van der Waals surface area contributed by atoms with Crippen molar-refractivity contribution in [3.63, 3.8) is 0 Å². The van der Waals surface area contributed by atoms with Gasteiger partial charge in [-0.2, -0.15) is 0 Å². The molecule has 178 valence electrons. The average molecular weight is 485 g/mol. The summed E-state index contributed by atoms with van der Waals surface area (Å²) >= 11 is 0. The van der Waals surface area contributed by atoms with Gasteiger partial charge in [-0.3, -0.25) is 0 Å². The number of aromatic nitrogens is 2. The third-order valence-corrected chi connectivity index (χ3v) is 7.73. The van der Waals surface area contributed by atoms with Gasteiger partial charge < -0.3 is 9.55 Å². The molecule has 38 heavy (non-hydrogen) atoms. The molecule has 0 aliphatic heterocycles. The molecule has 2 aromatic heterocycles. The van der Waals surface area contributed by atoms with Crippen LogP contribution < -0.4 is 0 Å². The highest BCUT2D eigenvalue weighted by Gasteiger charge is 2.15. The Bertz CT molecular complexity index is 2110. The summed E-state index contributed by atoms with van der Waals surface area (Å²) in [6.45, 7) is 0. The van der Waals surface area contributed by atoms with Crippen molar-refractivity contribution in [3.05, 3.63) is 140 Å². The van der Waals surface area contributed by atoms with E-state index in [0.29, 0.717) is 0 Å². The van der Waals surface area contributed by atoms with Crippen LogP contribution in [0.15, 0.2) is 140 Å². The smallest absolute Gasteiger partial charge is 0.0547 e. The number of aromatic amines is 1. The van der Waals surface area contributed by atoms with Crippen molar-refractivity contribution in [2.75, 3.05) is 0 Å². The van der Waals surface area contributed by atoms with Gasteiger partial charge in [-0.05, 0) is 70.8 Å². The van der Waals surface area contributed by atoms with Crippen molar-refractivity contribution < 1.29 is 0 Å². The van der Waals surface area contributed by atoms with Gasteiger partial charge in [-0.1, -0.05) is 91.0 Å². The minimum atomic E-state index is 1.17. The number of nitrogens with one attached hydrogen (secondary N) is 1. The normalized spacial score (nSPS) is 11.7. The second-order valence-electron chi connectivity index (χ2n) is 9.93. The Hall–Kier alpha value is -5.08. The maximum Gasteiger partial charge on any atom is 0.0547 e. The lowest BCUT2D eigenvalue weighted by molar-refractivity contribution is 1.18. The van der Waals surface area contributed by atoms with E-state index in [4.69, 9.17) is 0 Å². The van der Waals surface area contributed by atoms with Gasteiger partial charge in [-0.15, -0.1) is 0 Å². The fourth-order valence-corrected chi connectivity index (χ4v) is 5.89. The summed E-state index contributed by atoms with van der Waals surface area (Å²) < 4.78 is 2.40. The lowest BCUT2D eigenvalue weighted by atomic mass is 10.00. The Kier molecular flexibility index (Phi) is 4.55. The zero-order valence-corrected chi connectivity index (χ0v) is 20.7. The number of rotatable bonds is 3. The van der Waals surface area contributed by atoms with Gasteiger partial charge >= 0.3 is 0 Å². The molecule has 0 saturated carbocycles. The van der Waals surface area contributed by atoms with Crippen LogP contribution in [0, 0.1) is 0 Å². The van der Waals surface area contributed by atoms with Crippen LogP contribution in [0.5, 0.6) is 0 Å². The van der Waals surface area contributed by atoms with Gasteiger partial charge in [-0.25, -0.2) is 0 Å². The molecule has 0 bridgehead atoms. The Morgan fingerprint density at radius 2 is 1.00 bits per heavy atom. The number of fused-ring (bicyclic) bond motifs is 6. The van der Waals surface area contributed by atoms with Gasteiger partial charge in [0.25, 0.3) is 0 Å². The summed E-state index contributed by atoms with van der Waals surface area (Å²) in [4.78, 5) is 3.55. The molecule has 8 rings (SSSR count). The minimum Gasteiger partial charge on any atom is -0.355 e. The molecule has 1 N–H and O–H groups in total. The van der Waals surface area contributed by atoms with Crippen LogP contribution in [-0.4, -0.2) is 9.55 Å². The summed E-state index contributed by atoms with van der Waals surface area (Å²) in [6.07, 6.45) is 0. The first-order valence-electron chi connectivity index (χ1n) is 13.0. The lowest BCUT2D eigenvalue weighted by Gasteiger charge is -2.09. The van der Waals surface area contributed by atoms with E-state index >= 15 is 0 Å². The van der Waals surface area contributed by atoms with E-state index in [1.165, 1.54) is 71.6 Å². The first-order valence-corrected chi connectivity index (χ1v) is 13.0. The molecule has 6 aromatic carbocycles. The van der Waals surface area contributed by atoms with E-state index in [9.17, 15) is 0 Å². The third-order valence-electron chi connectivity index (χ3n) is 7.73. The van der Waals surface area contributed by atoms with Crippen molar-refractivity contribution in [1.82, 2.24) is 9.55 Å². The largest absolute Gasteiger partial charge is 0.355 e. The van der Waals surface area contributed by atoms with E-state index < -0.39 is 0 Å². The summed E-state index contributed by atoms with van der Waals surface area (Å²) in [5.41, 5.74) is 10.9. The molecular formula is C36H24N2. The van der Waals surface area contributed by atoms with Crippen LogP contribution in [0.1, 0.15) is 0 Å². The molecule has 0 amide bonds. The predicted octanol–water partition coefficient (Wildman–Crippen LogP) is 9.75. The molecule has 0 spiro atoms. The van der Waals surface area contributed by atoms with Crippen molar-refractivity contribution in [2.24, 2.45) is 0 Å². The van der Waals surface area contributed by atoms with Crippen LogP contribution in [0.3, 0.4) is 0 Å². The second-order valence-corrected chi connectivity index (χ2v) is 9.93. The highest BCUT2D eigenvalue weighted by molar-refractivity contribution is 6.12. The highest BCUT2D eigenvalue weighted by atomic mass is 15.0. The van der Waals surface area contributed by atoms with E-state index in [0.717, 1.165) is 0 Å². The van der Waals surface area contributed by atoms with Gasteiger partial charge in [0.2, 0.25) is 0 Å². The number of hydrogen-bond acceptors (Lipinski definition) is 0. The summed E-state index contributed by atoms with van der Waals surface area (Å²) in [5.74, 6) is 0. The molecule has 0 radical (unpaired) electrons. The quantitative estimate of drug-likeness (QED) is 0.258. The van der Waals surface area contributed by atoms with Crippen LogP contribution in [-0.2, 0) is 0 Å². The Morgan fingerprint density at radius 3 is 1.87 bits per heavy atom. The number of hydrogen-bond donors (Lipinski definition) is 1. The SMILES string of the molecule is c1ccc(-c2ccc3c(c2)c2ccc(-c4ccc5[nH]c6ccccc6c5c4)cc2n3-c2ccccc2)cc1. The Balaban J connectivity index is 1.38. The van der Waals surface area contributed by atoms with Gasteiger partial charge in [0, 0.05) is 38.3 Å². The van der Waals surface area contributed by atoms with Gasteiger partial charge in [0.05, 0.1) is 11.0 Å². The third kappa shape index (κ3) is 3.21. The molecule has 0 unspecified atom stereocenters. The molecule has 2 heteroatoms. The van der Waals surface area contributed by atoms with E-state index in [1.807, 2.05) is 0 Å². The fraction of sp³-hybridized carbons (Fsp3) is 0. The zero-order chi connectivity index (χ0) is 25.1. The molecular weight excluding hydrogens is 460 g/mol. The number of benzene rings is 6. The molecule has 8 aromatic rings. The second kappa shape index (κ2) is 8.22. The number of para-hydroxylation sites is 2. The van der Waals surface area contributed by atoms with E-state index in [-0.39, 0.29) is 0 Å². The molecule has 0 aliphatic rings. The molecule has 0 atom stereocenters. The standard InChI is InChI=1S/C36H24N2/c1-3-9-24(10-4-1)25-17-20-35-32(22-25)30-18-15-27(23-36(30)38(35)28-11-5-2-6-12-28)26-16-19-34-31(21-26)29-13-7-8-14-33(29)37-34/h1-23,37H. The summed E-state index contributed by atoms with van der Waals surface area (Å²) in [6, 6.07) is 50.3. The summed E-state index contributed by atoms with van der Waals surface area (Å²) in [7, 11) is 0. The topological polar surface area (TPSA) is 20.7 Å². The van der Waals surface area contributed by atoms with Crippen molar-refractivity contribution >= 4 is 43.6 Å². The van der Waals surface area contributed by atoms with Crippen LogP contribution >= 0.6 is 0 Å². The monoisotopic (exact) mass is 484 g/mol. The van der Waals surface area contributed by atoms with Crippen LogP contribution in [0.4, 0.5) is 0 Å². The fourth-order valence-electron chi connectivity index (χ4n) is 5.89. The summed E-state index contributed by atoms with van der Waals surface area (Å²) in [5, 5.41) is 5.05. The molecule has 0 fully saturated rings. The van der Waals surface area contributed by atoms with Crippen molar-refractivity contribution in [1.29, 1.82) is 0 Å². The first-order chi connectivity index (χ1) is 18.8. The van der Waals surface area contributed by atoms with Crippen molar-refractivity contribution in [3.8, 4) is 27.9 Å². The zero-order valence-electron chi connectivity index (χ0n) is 20.7. The number of nitrogens with zero attached hydrogens (tertiary/aromatic N) is 1. The van der Waals surface area contributed by atoms with E-state index in [1.54, 1.807) is 0 Å². The Morgan fingerprint density at radius 1 is 0.368 bits per heavy atom. The molecule has 0 aliphatic carbocycles. The predicted molar refractivity (Wildman–Crippen MR) is 161 cm³/mol. The molecule has 2 nitrogen and oxygen atoms in total. The molecule has 0 saturated heterocycles. The van der Waals surface area contributed by atoms with Crippen molar-refractivity contribution in [2.45, 2.75) is 0 Å².